The Kier molecular flexibility index (Phi) is 6.51. The highest BCUT2D eigenvalue weighted by Gasteiger charge is 2.31. The summed E-state index contributed by atoms with van der Waals surface area (Å²) in [5.74, 6) is -0.930. The summed E-state index contributed by atoms with van der Waals surface area (Å²) in [5.41, 5.74) is -0.244. The van der Waals surface area contributed by atoms with Crippen LogP contribution in [0.1, 0.15) is 21.6 Å². The number of hydrogen-bond acceptors (Lipinski definition) is 5. The number of aliphatic carboxylic acids is 1. The molecule has 6 nitrogen and oxygen atoms in total. The number of nitrogens with zero attached hydrogens (tertiary/aromatic N) is 1. The number of alkyl halides is 3. The smallest absolute Gasteiger partial charge is 0.416 e. The molecule has 3 rings (SSSR count). The summed E-state index contributed by atoms with van der Waals surface area (Å²) in [5, 5.41) is 21.9. The van der Waals surface area contributed by atoms with Crippen LogP contribution in [0.2, 0.25) is 5.02 Å². The molecule has 162 valence electrons. The van der Waals surface area contributed by atoms with E-state index >= 15 is 0 Å². The Morgan fingerprint density at radius 3 is 2.52 bits per heavy atom. The topological polar surface area (TPSA) is 89.7 Å². The van der Waals surface area contributed by atoms with E-state index in [0.717, 1.165) is 18.2 Å². The van der Waals surface area contributed by atoms with Crippen molar-refractivity contribution in [1.82, 2.24) is 0 Å². The second-order valence-corrected chi connectivity index (χ2v) is 7.82. The van der Waals surface area contributed by atoms with Crippen LogP contribution in [0.25, 0.3) is 0 Å². The standard InChI is InChI=1S/C20H13ClF3NO5S/c21-15-9-13(20(22,23)24)1-4-17(15)30-14-2-3-16(25(28)29)12(8-14)7-11-5-6-31-18(11)10-19(26)27/h1-6,8-9H,7,10H2,(H,26,27). The largest absolute Gasteiger partial charge is 0.481 e. The van der Waals surface area contributed by atoms with Gasteiger partial charge >= 0.3 is 12.1 Å². The van der Waals surface area contributed by atoms with Crippen molar-refractivity contribution in [2.24, 2.45) is 0 Å². The Morgan fingerprint density at radius 2 is 1.90 bits per heavy atom. The van der Waals surface area contributed by atoms with Crippen LogP contribution < -0.4 is 4.74 Å². The molecule has 0 saturated carbocycles. The van der Waals surface area contributed by atoms with Crippen molar-refractivity contribution in [3.05, 3.63) is 84.5 Å². The Bertz CT molecular complexity index is 1150. The Balaban J connectivity index is 1.91. The quantitative estimate of drug-likeness (QED) is 0.321. The first-order valence-corrected chi connectivity index (χ1v) is 9.89. The van der Waals surface area contributed by atoms with Gasteiger partial charge in [-0.2, -0.15) is 13.2 Å². The third-order valence-corrected chi connectivity index (χ3v) is 5.52. The lowest BCUT2D eigenvalue weighted by Crippen LogP contribution is -2.04. The van der Waals surface area contributed by atoms with Crippen molar-refractivity contribution in [1.29, 1.82) is 0 Å². The number of carboxylic acid groups (broad SMARTS) is 1. The van der Waals surface area contributed by atoms with E-state index in [1.54, 1.807) is 11.4 Å². The van der Waals surface area contributed by atoms with Gasteiger partial charge in [0.15, 0.2) is 0 Å². The van der Waals surface area contributed by atoms with E-state index in [4.69, 9.17) is 21.4 Å². The number of ether oxygens (including phenoxy) is 1. The van der Waals surface area contributed by atoms with Gasteiger partial charge in [0.2, 0.25) is 0 Å². The highest BCUT2D eigenvalue weighted by Crippen LogP contribution is 2.37. The summed E-state index contributed by atoms with van der Waals surface area (Å²) in [6.07, 6.45) is -4.69. The van der Waals surface area contributed by atoms with Crippen molar-refractivity contribution in [2.75, 3.05) is 0 Å². The molecule has 2 aromatic carbocycles. The number of nitro groups is 1. The van der Waals surface area contributed by atoms with E-state index in [-0.39, 0.29) is 40.6 Å². The fourth-order valence-electron chi connectivity index (χ4n) is 2.85. The Morgan fingerprint density at radius 1 is 1.16 bits per heavy atom. The van der Waals surface area contributed by atoms with Gasteiger partial charge in [-0.05, 0) is 47.3 Å². The molecule has 1 aromatic heterocycles. The molecule has 3 aromatic rings. The molecule has 0 aliphatic rings. The molecule has 31 heavy (non-hydrogen) atoms. The van der Waals surface area contributed by atoms with Gasteiger partial charge in [-0.25, -0.2) is 0 Å². The molecule has 11 heteroatoms. The van der Waals surface area contributed by atoms with Gasteiger partial charge in [0, 0.05) is 22.9 Å². The third-order valence-electron chi connectivity index (χ3n) is 4.27. The van der Waals surface area contributed by atoms with Crippen molar-refractivity contribution in [2.45, 2.75) is 19.0 Å². The molecular weight excluding hydrogens is 459 g/mol. The first kappa shape index (κ1) is 22.6. The van der Waals surface area contributed by atoms with Gasteiger partial charge in [0.05, 0.1) is 21.9 Å². The second-order valence-electron chi connectivity index (χ2n) is 6.41. The molecule has 0 bridgehead atoms. The van der Waals surface area contributed by atoms with Crippen molar-refractivity contribution >= 4 is 34.6 Å². The van der Waals surface area contributed by atoms with Crippen LogP contribution in [-0.4, -0.2) is 16.0 Å². The molecule has 0 fully saturated rings. The van der Waals surface area contributed by atoms with Gasteiger partial charge in [-0.3, -0.25) is 14.9 Å². The predicted molar refractivity (Wildman–Crippen MR) is 108 cm³/mol. The first-order valence-electron chi connectivity index (χ1n) is 8.63. The molecule has 1 N–H and O–H groups in total. The minimum atomic E-state index is -4.56. The number of carboxylic acids is 1. The lowest BCUT2D eigenvalue weighted by molar-refractivity contribution is -0.385. The highest BCUT2D eigenvalue weighted by atomic mass is 35.5. The van der Waals surface area contributed by atoms with Crippen LogP contribution in [-0.2, 0) is 23.8 Å². The van der Waals surface area contributed by atoms with Gasteiger partial charge in [-0.15, -0.1) is 11.3 Å². The lowest BCUT2D eigenvalue weighted by atomic mass is 10.0. The fourth-order valence-corrected chi connectivity index (χ4v) is 3.97. The van der Waals surface area contributed by atoms with Crippen molar-refractivity contribution in [3.63, 3.8) is 0 Å². The Hall–Kier alpha value is -3.11. The van der Waals surface area contributed by atoms with Crippen LogP contribution in [0.3, 0.4) is 0 Å². The van der Waals surface area contributed by atoms with Gasteiger partial charge in [0.1, 0.15) is 11.5 Å². The summed E-state index contributed by atoms with van der Waals surface area (Å²) < 4.78 is 43.9. The van der Waals surface area contributed by atoms with Crippen LogP contribution in [0, 0.1) is 10.1 Å². The van der Waals surface area contributed by atoms with Crippen LogP contribution in [0.4, 0.5) is 18.9 Å². The molecule has 0 spiro atoms. The van der Waals surface area contributed by atoms with Gasteiger partial charge in [0.25, 0.3) is 5.69 Å². The molecule has 0 unspecified atom stereocenters. The molecule has 0 radical (unpaired) electrons. The number of hydrogen-bond donors (Lipinski definition) is 1. The summed E-state index contributed by atoms with van der Waals surface area (Å²) in [7, 11) is 0. The SMILES string of the molecule is O=C(O)Cc1sccc1Cc1cc(Oc2ccc(C(F)(F)F)cc2Cl)ccc1[N+](=O)[O-]. The Labute approximate surface area is 182 Å². The van der Waals surface area contributed by atoms with Crippen LogP contribution >= 0.6 is 22.9 Å². The number of carbonyl (C=O) groups is 1. The third kappa shape index (κ3) is 5.53. The highest BCUT2D eigenvalue weighted by molar-refractivity contribution is 7.10. The van der Waals surface area contributed by atoms with E-state index in [1.165, 1.54) is 29.5 Å². The molecule has 0 aliphatic heterocycles. The maximum atomic E-state index is 12.8. The zero-order valence-electron chi connectivity index (χ0n) is 15.5. The lowest BCUT2D eigenvalue weighted by Gasteiger charge is -2.12. The zero-order chi connectivity index (χ0) is 22.8. The molecule has 0 aliphatic carbocycles. The monoisotopic (exact) mass is 471 g/mol. The predicted octanol–water partition coefficient (Wildman–Crippen LogP) is 6.34. The number of thiophene rings is 1. The zero-order valence-corrected chi connectivity index (χ0v) is 17.1. The van der Waals surface area contributed by atoms with Crippen molar-refractivity contribution < 1.29 is 32.7 Å². The summed E-state index contributed by atoms with van der Waals surface area (Å²) in [6, 6.07) is 8.20. The number of benzene rings is 2. The minimum Gasteiger partial charge on any atom is -0.481 e. The van der Waals surface area contributed by atoms with E-state index in [9.17, 15) is 28.1 Å². The average molecular weight is 472 g/mol. The average Bonchev–Trinajstić information content (AvgIpc) is 3.08. The number of nitro benzene ring substituents is 1. The maximum absolute atomic E-state index is 12.8. The molecule has 0 amide bonds. The van der Waals surface area contributed by atoms with Gasteiger partial charge < -0.3 is 9.84 Å². The summed E-state index contributed by atoms with van der Waals surface area (Å²) in [6.45, 7) is 0. The summed E-state index contributed by atoms with van der Waals surface area (Å²) in [4.78, 5) is 22.4. The van der Waals surface area contributed by atoms with E-state index in [2.05, 4.69) is 0 Å². The molecule has 1 heterocycles. The normalized spacial score (nSPS) is 11.4. The van der Waals surface area contributed by atoms with Crippen LogP contribution in [0.5, 0.6) is 11.5 Å². The molecule has 0 saturated heterocycles. The van der Waals surface area contributed by atoms with Gasteiger partial charge in [-0.1, -0.05) is 11.6 Å². The first-order chi connectivity index (χ1) is 14.5. The van der Waals surface area contributed by atoms with Crippen molar-refractivity contribution in [3.8, 4) is 11.5 Å². The summed E-state index contributed by atoms with van der Waals surface area (Å²) >= 11 is 7.14. The second kappa shape index (κ2) is 8.94. The minimum absolute atomic E-state index is 0.0448. The number of halogens is 4. The van der Waals surface area contributed by atoms with E-state index in [0.29, 0.717) is 10.4 Å². The van der Waals surface area contributed by atoms with E-state index in [1.807, 2.05) is 0 Å². The molecular formula is C20H13ClF3NO5S. The van der Waals surface area contributed by atoms with Crippen LogP contribution in [0.15, 0.2) is 47.8 Å². The van der Waals surface area contributed by atoms with E-state index < -0.39 is 22.6 Å². The molecule has 0 atom stereocenters. The maximum Gasteiger partial charge on any atom is 0.416 e. The number of rotatable bonds is 7. The fraction of sp³-hybridized carbons (Fsp3) is 0.150.